The zero-order valence-corrected chi connectivity index (χ0v) is 14.6. The van der Waals surface area contributed by atoms with Gasteiger partial charge in [-0.1, -0.05) is 46.2 Å². The first-order valence-electron chi connectivity index (χ1n) is 5.56. The zero-order chi connectivity index (χ0) is 13.2. The minimum Gasteiger partial charge on any atom is -0.235 e. The SMILES string of the molecule is CC(C)SCc1nc(Cl)c(I)c(C(C)(C)C)n1. The second-order valence-electron chi connectivity index (χ2n) is 5.20. The molecule has 0 saturated carbocycles. The summed E-state index contributed by atoms with van der Waals surface area (Å²) in [6, 6.07) is 0. The average molecular weight is 385 g/mol. The second kappa shape index (κ2) is 6.06. The molecule has 0 N–H and O–H groups in total. The predicted octanol–water partition coefficient (Wildman–Crippen LogP) is 4.67. The van der Waals surface area contributed by atoms with Gasteiger partial charge in [-0.15, -0.1) is 0 Å². The summed E-state index contributed by atoms with van der Waals surface area (Å²) >= 11 is 10.2. The van der Waals surface area contributed by atoms with Crippen LogP contribution >= 0.6 is 46.0 Å². The molecule has 0 aliphatic heterocycles. The Morgan fingerprint density at radius 1 is 1.29 bits per heavy atom. The van der Waals surface area contributed by atoms with Crippen molar-refractivity contribution in [2.24, 2.45) is 0 Å². The third-order valence-electron chi connectivity index (χ3n) is 2.11. The molecule has 0 radical (unpaired) electrons. The smallest absolute Gasteiger partial charge is 0.146 e. The highest BCUT2D eigenvalue weighted by molar-refractivity contribution is 14.1. The van der Waals surface area contributed by atoms with Crippen molar-refractivity contribution in [2.45, 2.75) is 51.0 Å². The highest BCUT2D eigenvalue weighted by Crippen LogP contribution is 2.30. The summed E-state index contributed by atoms with van der Waals surface area (Å²) in [4.78, 5) is 9.00. The van der Waals surface area contributed by atoms with Gasteiger partial charge in [0.1, 0.15) is 11.0 Å². The van der Waals surface area contributed by atoms with Crippen LogP contribution in [0.4, 0.5) is 0 Å². The molecule has 1 aromatic heterocycles. The van der Waals surface area contributed by atoms with Gasteiger partial charge in [0.25, 0.3) is 0 Å². The molecular weight excluding hydrogens is 367 g/mol. The molecule has 17 heavy (non-hydrogen) atoms. The Labute approximate surface area is 126 Å². The van der Waals surface area contributed by atoms with Crippen molar-refractivity contribution in [3.05, 3.63) is 20.2 Å². The molecule has 0 unspecified atom stereocenters. The highest BCUT2D eigenvalue weighted by Gasteiger charge is 2.22. The maximum absolute atomic E-state index is 6.17. The molecule has 0 atom stereocenters. The minimum atomic E-state index is 0.000348. The van der Waals surface area contributed by atoms with Crippen LogP contribution in [0.5, 0.6) is 0 Å². The molecule has 1 heterocycles. The third kappa shape index (κ3) is 4.56. The molecular formula is C12H18ClIN2S. The van der Waals surface area contributed by atoms with E-state index in [-0.39, 0.29) is 5.41 Å². The molecule has 96 valence electrons. The first-order chi connectivity index (χ1) is 7.71. The van der Waals surface area contributed by atoms with Crippen molar-refractivity contribution in [2.75, 3.05) is 0 Å². The van der Waals surface area contributed by atoms with E-state index in [9.17, 15) is 0 Å². The number of hydrogen-bond acceptors (Lipinski definition) is 3. The molecule has 2 nitrogen and oxygen atoms in total. The summed E-state index contributed by atoms with van der Waals surface area (Å²) in [5.74, 6) is 1.65. The van der Waals surface area contributed by atoms with E-state index in [1.54, 1.807) is 0 Å². The van der Waals surface area contributed by atoms with Gasteiger partial charge < -0.3 is 0 Å². The lowest BCUT2D eigenvalue weighted by Crippen LogP contribution is -2.18. The molecule has 0 bridgehead atoms. The third-order valence-corrected chi connectivity index (χ3v) is 4.82. The van der Waals surface area contributed by atoms with Crippen LogP contribution in [0.2, 0.25) is 5.15 Å². The molecule has 0 aliphatic rings. The Morgan fingerprint density at radius 3 is 2.35 bits per heavy atom. The molecule has 1 aromatic rings. The Kier molecular flexibility index (Phi) is 5.53. The molecule has 0 saturated heterocycles. The van der Waals surface area contributed by atoms with Crippen LogP contribution < -0.4 is 0 Å². The van der Waals surface area contributed by atoms with Crippen LogP contribution in [0.25, 0.3) is 0 Å². The summed E-state index contributed by atoms with van der Waals surface area (Å²) in [5, 5.41) is 1.15. The van der Waals surface area contributed by atoms with Crippen molar-refractivity contribution in [3.63, 3.8) is 0 Å². The number of rotatable bonds is 3. The van der Waals surface area contributed by atoms with Gasteiger partial charge in [0.15, 0.2) is 0 Å². The van der Waals surface area contributed by atoms with E-state index in [0.29, 0.717) is 10.4 Å². The standard InChI is InChI=1S/C12H18ClIN2S/c1-7(2)17-6-8-15-10(12(3,4)5)9(14)11(13)16-8/h7H,6H2,1-5H3. The molecule has 1 rings (SSSR count). The maximum Gasteiger partial charge on any atom is 0.146 e. The summed E-state index contributed by atoms with van der Waals surface area (Å²) in [5.41, 5.74) is 1.04. The monoisotopic (exact) mass is 384 g/mol. The summed E-state index contributed by atoms with van der Waals surface area (Å²) in [6.07, 6.45) is 0. The summed E-state index contributed by atoms with van der Waals surface area (Å²) in [6.45, 7) is 10.8. The van der Waals surface area contributed by atoms with Crippen LogP contribution in [0.15, 0.2) is 0 Å². The van der Waals surface area contributed by atoms with Crippen molar-refractivity contribution in [1.82, 2.24) is 9.97 Å². The van der Waals surface area contributed by atoms with E-state index in [1.165, 1.54) is 0 Å². The normalized spacial score (nSPS) is 12.2. The Bertz CT molecular complexity index is 402. The molecule has 0 aliphatic carbocycles. The van der Waals surface area contributed by atoms with Crippen LogP contribution in [-0.2, 0) is 11.2 Å². The zero-order valence-electron chi connectivity index (χ0n) is 10.8. The lowest BCUT2D eigenvalue weighted by atomic mass is 9.92. The summed E-state index contributed by atoms with van der Waals surface area (Å²) < 4.78 is 0.968. The van der Waals surface area contributed by atoms with Crippen molar-refractivity contribution < 1.29 is 0 Å². The fourth-order valence-electron chi connectivity index (χ4n) is 1.27. The van der Waals surface area contributed by atoms with Gasteiger partial charge in [-0.05, 0) is 27.8 Å². The molecule has 0 spiro atoms. The largest absolute Gasteiger partial charge is 0.235 e. The number of thioether (sulfide) groups is 1. The van der Waals surface area contributed by atoms with E-state index in [1.807, 2.05) is 11.8 Å². The average Bonchev–Trinajstić information content (AvgIpc) is 2.17. The van der Waals surface area contributed by atoms with Crippen LogP contribution in [-0.4, -0.2) is 15.2 Å². The van der Waals surface area contributed by atoms with Gasteiger partial charge in [-0.2, -0.15) is 11.8 Å². The van der Waals surface area contributed by atoms with E-state index in [0.717, 1.165) is 20.8 Å². The van der Waals surface area contributed by atoms with Gasteiger partial charge in [-0.25, -0.2) is 9.97 Å². The van der Waals surface area contributed by atoms with Crippen LogP contribution in [0.3, 0.4) is 0 Å². The second-order valence-corrected chi connectivity index (χ2v) is 8.20. The summed E-state index contributed by atoms with van der Waals surface area (Å²) in [7, 11) is 0. The van der Waals surface area contributed by atoms with Crippen molar-refractivity contribution in [3.8, 4) is 0 Å². The van der Waals surface area contributed by atoms with Crippen LogP contribution in [0, 0.1) is 3.57 Å². The van der Waals surface area contributed by atoms with E-state index < -0.39 is 0 Å². The first kappa shape index (κ1) is 15.5. The number of nitrogens with zero attached hydrogens (tertiary/aromatic N) is 2. The maximum atomic E-state index is 6.17. The number of halogens is 2. The number of hydrogen-bond donors (Lipinski definition) is 0. The van der Waals surface area contributed by atoms with E-state index >= 15 is 0 Å². The molecule has 0 aromatic carbocycles. The van der Waals surface area contributed by atoms with Crippen molar-refractivity contribution in [1.29, 1.82) is 0 Å². The number of aromatic nitrogens is 2. The molecule has 5 heteroatoms. The van der Waals surface area contributed by atoms with Crippen LogP contribution in [0.1, 0.15) is 46.1 Å². The topological polar surface area (TPSA) is 25.8 Å². The van der Waals surface area contributed by atoms with E-state index in [4.69, 9.17) is 11.6 Å². The first-order valence-corrected chi connectivity index (χ1v) is 8.06. The Hall–Kier alpha value is 0.450. The Morgan fingerprint density at radius 2 is 1.88 bits per heavy atom. The Balaban J connectivity index is 3.07. The van der Waals surface area contributed by atoms with E-state index in [2.05, 4.69) is 67.2 Å². The fraction of sp³-hybridized carbons (Fsp3) is 0.667. The van der Waals surface area contributed by atoms with Gasteiger partial charge in [0.05, 0.1) is 15.0 Å². The lowest BCUT2D eigenvalue weighted by Gasteiger charge is -2.20. The van der Waals surface area contributed by atoms with Gasteiger partial charge in [-0.3, -0.25) is 0 Å². The molecule has 0 amide bonds. The lowest BCUT2D eigenvalue weighted by molar-refractivity contribution is 0.559. The molecule has 0 fully saturated rings. The van der Waals surface area contributed by atoms with Gasteiger partial charge >= 0.3 is 0 Å². The quantitative estimate of drug-likeness (QED) is 0.559. The fourth-order valence-corrected chi connectivity index (χ4v) is 3.11. The minimum absolute atomic E-state index is 0.000348. The highest BCUT2D eigenvalue weighted by atomic mass is 127. The van der Waals surface area contributed by atoms with Crippen molar-refractivity contribution >= 4 is 46.0 Å². The van der Waals surface area contributed by atoms with Gasteiger partial charge in [0, 0.05) is 5.41 Å². The predicted molar refractivity (Wildman–Crippen MR) is 84.9 cm³/mol. The van der Waals surface area contributed by atoms with Gasteiger partial charge in [0.2, 0.25) is 0 Å².